The van der Waals surface area contributed by atoms with Gasteiger partial charge in [0.15, 0.2) is 0 Å². The number of halogens is 3. The van der Waals surface area contributed by atoms with E-state index in [-0.39, 0.29) is 6.10 Å². The van der Waals surface area contributed by atoms with Gasteiger partial charge in [-0.1, -0.05) is 12.1 Å². The maximum atomic E-state index is 12.6. The van der Waals surface area contributed by atoms with Gasteiger partial charge in [0.05, 0.1) is 5.56 Å². The van der Waals surface area contributed by atoms with Crippen LogP contribution in [-0.2, 0) is 12.7 Å². The Kier molecular flexibility index (Phi) is 4.10. The molecule has 6 heteroatoms. The van der Waals surface area contributed by atoms with Gasteiger partial charge in [0.25, 0.3) is 0 Å². The summed E-state index contributed by atoms with van der Waals surface area (Å²) in [6, 6.07) is 13.3. The van der Waals surface area contributed by atoms with Crippen molar-refractivity contribution in [3.8, 4) is 5.75 Å². The Morgan fingerprint density at radius 3 is 2.15 bits per heavy atom. The smallest absolute Gasteiger partial charge is 0.416 e. The summed E-state index contributed by atoms with van der Waals surface area (Å²) in [6.07, 6.45) is -2.32. The van der Waals surface area contributed by atoms with Crippen molar-refractivity contribution in [3.63, 3.8) is 0 Å². The molecule has 1 aliphatic heterocycles. The van der Waals surface area contributed by atoms with Gasteiger partial charge in [0.2, 0.25) is 0 Å². The molecule has 26 heavy (non-hydrogen) atoms. The van der Waals surface area contributed by atoms with Crippen molar-refractivity contribution in [2.75, 3.05) is 18.0 Å². The summed E-state index contributed by atoms with van der Waals surface area (Å²) >= 11 is 0. The Morgan fingerprint density at radius 2 is 1.62 bits per heavy atom. The molecule has 2 N–H and O–H groups in total. The molecular weight excluding hydrogens is 341 g/mol. The Hall–Kier alpha value is -2.21. The van der Waals surface area contributed by atoms with Crippen molar-refractivity contribution in [1.29, 1.82) is 0 Å². The normalized spacial score (nSPS) is 19.2. The summed E-state index contributed by atoms with van der Waals surface area (Å²) in [5.74, 6) is 0.506. The molecular formula is C20H21F3N2O. The van der Waals surface area contributed by atoms with E-state index in [1.165, 1.54) is 17.8 Å². The average molecular weight is 362 g/mol. The summed E-state index contributed by atoms with van der Waals surface area (Å²) in [7, 11) is 0. The number of ether oxygens (including phenoxy) is 1. The van der Waals surface area contributed by atoms with Gasteiger partial charge in [0, 0.05) is 30.7 Å². The molecule has 0 atom stereocenters. The lowest BCUT2D eigenvalue weighted by Crippen LogP contribution is -2.64. The van der Waals surface area contributed by atoms with Gasteiger partial charge in [-0.3, -0.25) is 0 Å². The van der Waals surface area contributed by atoms with Crippen LogP contribution in [-0.4, -0.2) is 19.2 Å². The second-order valence-electron chi connectivity index (χ2n) is 7.40. The van der Waals surface area contributed by atoms with Crippen LogP contribution in [0, 0.1) is 5.41 Å². The highest BCUT2D eigenvalue weighted by Crippen LogP contribution is 2.50. The summed E-state index contributed by atoms with van der Waals surface area (Å²) < 4.78 is 43.6. The monoisotopic (exact) mass is 362 g/mol. The Balaban J connectivity index is 1.27. The summed E-state index contributed by atoms with van der Waals surface area (Å²) in [4.78, 5) is 2.34. The van der Waals surface area contributed by atoms with E-state index in [0.717, 1.165) is 43.6 Å². The predicted molar refractivity (Wildman–Crippen MR) is 94.1 cm³/mol. The highest BCUT2D eigenvalue weighted by Gasteiger charge is 2.53. The van der Waals surface area contributed by atoms with E-state index >= 15 is 0 Å². The van der Waals surface area contributed by atoms with Gasteiger partial charge in [-0.15, -0.1) is 0 Å². The Bertz CT molecular complexity index is 757. The molecule has 2 aliphatic rings. The second kappa shape index (κ2) is 6.20. The molecule has 1 saturated carbocycles. The Morgan fingerprint density at radius 1 is 1.00 bits per heavy atom. The van der Waals surface area contributed by atoms with E-state index in [9.17, 15) is 13.2 Å². The van der Waals surface area contributed by atoms with Crippen molar-refractivity contribution in [1.82, 2.24) is 0 Å². The fourth-order valence-corrected chi connectivity index (χ4v) is 3.95. The van der Waals surface area contributed by atoms with Crippen LogP contribution < -0.4 is 15.4 Å². The third kappa shape index (κ3) is 3.26. The second-order valence-corrected chi connectivity index (χ2v) is 7.40. The fraction of sp³-hybridized carbons (Fsp3) is 0.400. The van der Waals surface area contributed by atoms with Gasteiger partial charge in [-0.2, -0.15) is 13.2 Å². The van der Waals surface area contributed by atoms with Gasteiger partial charge >= 0.3 is 6.18 Å². The summed E-state index contributed by atoms with van der Waals surface area (Å²) in [5, 5.41) is 0. The van der Waals surface area contributed by atoms with Crippen LogP contribution in [0.3, 0.4) is 0 Å². The third-order valence-corrected chi connectivity index (χ3v) is 5.40. The molecule has 1 heterocycles. The van der Waals surface area contributed by atoms with E-state index in [1.807, 2.05) is 0 Å². The molecule has 2 fully saturated rings. The van der Waals surface area contributed by atoms with E-state index in [0.29, 0.717) is 17.7 Å². The van der Waals surface area contributed by atoms with Gasteiger partial charge in [-0.25, -0.2) is 0 Å². The highest BCUT2D eigenvalue weighted by atomic mass is 19.4. The number of nitrogens with two attached hydrogens (primary N) is 1. The molecule has 1 saturated heterocycles. The van der Waals surface area contributed by atoms with E-state index in [1.54, 1.807) is 0 Å². The molecule has 1 spiro atoms. The van der Waals surface area contributed by atoms with Crippen LogP contribution in [0.25, 0.3) is 0 Å². The summed E-state index contributed by atoms with van der Waals surface area (Å²) in [5.41, 5.74) is 7.60. The topological polar surface area (TPSA) is 38.5 Å². The first-order valence-corrected chi connectivity index (χ1v) is 8.75. The zero-order valence-corrected chi connectivity index (χ0v) is 14.3. The van der Waals surface area contributed by atoms with Crippen LogP contribution in [0.4, 0.5) is 18.9 Å². The van der Waals surface area contributed by atoms with E-state index < -0.39 is 11.7 Å². The van der Waals surface area contributed by atoms with Crippen LogP contribution in [0.2, 0.25) is 0 Å². The van der Waals surface area contributed by atoms with Crippen LogP contribution in [0.5, 0.6) is 5.75 Å². The zero-order valence-electron chi connectivity index (χ0n) is 14.3. The molecule has 0 radical (unpaired) electrons. The molecule has 1 aliphatic carbocycles. The van der Waals surface area contributed by atoms with Crippen molar-refractivity contribution in [2.24, 2.45) is 11.1 Å². The van der Waals surface area contributed by atoms with Gasteiger partial charge in [0.1, 0.15) is 11.9 Å². The first-order chi connectivity index (χ1) is 12.4. The molecule has 138 valence electrons. The molecule has 3 nitrogen and oxygen atoms in total. The fourth-order valence-electron chi connectivity index (χ4n) is 3.95. The number of hydrogen-bond acceptors (Lipinski definition) is 3. The molecule has 0 unspecified atom stereocenters. The lowest BCUT2D eigenvalue weighted by molar-refractivity contribution is -0.137. The maximum absolute atomic E-state index is 12.6. The van der Waals surface area contributed by atoms with Crippen molar-refractivity contribution in [2.45, 2.75) is 31.7 Å². The van der Waals surface area contributed by atoms with Crippen LogP contribution in [0.1, 0.15) is 24.0 Å². The maximum Gasteiger partial charge on any atom is 0.416 e. The van der Waals surface area contributed by atoms with E-state index in [4.69, 9.17) is 10.5 Å². The van der Waals surface area contributed by atoms with Crippen LogP contribution in [0.15, 0.2) is 48.5 Å². The number of alkyl halides is 3. The summed E-state index contributed by atoms with van der Waals surface area (Å²) in [6.45, 7) is 2.55. The number of anilines is 1. The largest absolute Gasteiger partial charge is 0.490 e. The third-order valence-electron chi connectivity index (χ3n) is 5.40. The van der Waals surface area contributed by atoms with Crippen LogP contribution >= 0.6 is 0 Å². The first kappa shape index (κ1) is 17.2. The van der Waals surface area contributed by atoms with Gasteiger partial charge in [-0.05, 0) is 54.8 Å². The number of benzene rings is 2. The van der Waals surface area contributed by atoms with Crippen molar-refractivity contribution in [3.05, 3.63) is 59.7 Å². The molecule has 2 aromatic rings. The minimum atomic E-state index is -4.31. The average Bonchev–Trinajstić information content (AvgIpc) is 2.55. The number of rotatable bonds is 4. The SMILES string of the molecule is NCc1ccc(N2CC3(CC(Oc4ccc(C(F)(F)F)cc4)C3)C2)cc1. The first-order valence-electron chi connectivity index (χ1n) is 8.75. The van der Waals surface area contributed by atoms with Crippen molar-refractivity contribution < 1.29 is 17.9 Å². The predicted octanol–water partition coefficient (Wildman–Crippen LogP) is 4.21. The Labute approximate surface area is 150 Å². The lowest BCUT2D eigenvalue weighted by Gasteiger charge is -2.59. The lowest BCUT2D eigenvalue weighted by atomic mass is 9.61. The minimum Gasteiger partial charge on any atom is -0.490 e. The molecule has 4 rings (SSSR count). The van der Waals surface area contributed by atoms with Crippen molar-refractivity contribution >= 4 is 5.69 Å². The van der Waals surface area contributed by atoms with E-state index in [2.05, 4.69) is 29.2 Å². The minimum absolute atomic E-state index is 0.0912. The van der Waals surface area contributed by atoms with Gasteiger partial charge < -0.3 is 15.4 Å². The molecule has 2 aromatic carbocycles. The standard InChI is InChI=1S/C20H21F3N2O/c21-20(22,23)15-3-7-17(8-4-15)26-18-9-19(10-18)12-25(13-19)16-5-1-14(11-24)2-6-16/h1-8,18H,9-13,24H2. The molecule has 0 aromatic heterocycles. The number of hydrogen-bond donors (Lipinski definition) is 1. The quantitative estimate of drug-likeness (QED) is 0.885. The molecule has 0 bridgehead atoms. The molecule has 0 amide bonds. The highest BCUT2D eigenvalue weighted by molar-refractivity contribution is 5.51. The number of nitrogens with zero attached hydrogens (tertiary/aromatic N) is 1. The zero-order chi connectivity index (χ0) is 18.4.